The molecule has 33 heavy (non-hydrogen) atoms. The highest BCUT2D eigenvalue weighted by molar-refractivity contribution is 7.95. The Balaban J connectivity index is 3.19. The van der Waals surface area contributed by atoms with Crippen LogP contribution in [0.2, 0.25) is 0 Å². The lowest BCUT2D eigenvalue weighted by Gasteiger charge is -2.04. The van der Waals surface area contributed by atoms with Crippen molar-refractivity contribution in [2.24, 2.45) is 0 Å². The summed E-state index contributed by atoms with van der Waals surface area (Å²) in [5, 5.41) is 8.74. The lowest BCUT2D eigenvalue weighted by molar-refractivity contribution is -0.133. The highest BCUT2D eigenvalue weighted by Crippen LogP contribution is 2.15. The summed E-state index contributed by atoms with van der Waals surface area (Å²) in [7, 11) is 0. The fourth-order valence-electron chi connectivity index (χ4n) is 4.00. The Labute approximate surface area is 211 Å². The average molecular weight is 485 g/mol. The molecule has 0 aromatic rings. The minimum absolute atomic E-state index is 0.0412. The molecule has 0 aliphatic carbocycles. The van der Waals surface area contributed by atoms with Crippen LogP contribution in [-0.4, -0.2) is 23.4 Å². The number of hydrogen-bond donors (Lipinski definition) is 1. The molecule has 0 aromatic carbocycles. The van der Waals surface area contributed by atoms with Gasteiger partial charge in [-0.15, -0.1) is 0 Å². The molecule has 0 fully saturated rings. The van der Waals surface area contributed by atoms with E-state index in [9.17, 15) is 4.79 Å². The summed E-state index contributed by atoms with van der Waals surface area (Å²) in [6.45, 7) is 2.60. The van der Waals surface area contributed by atoms with Gasteiger partial charge in [0.1, 0.15) is 0 Å². The predicted octanol–water partition coefficient (Wildman–Crippen LogP) is 9.72. The molecule has 0 aromatic heterocycles. The Hall–Kier alpha value is -0.480. The topological polar surface area (TPSA) is 46.5 Å². The van der Waals surface area contributed by atoms with Crippen LogP contribution in [0.25, 0.3) is 0 Å². The lowest BCUT2D eigenvalue weighted by Crippen LogP contribution is -1.99. The minimum Gasteiger partial charge on any atom is -0.396 e. The standard InChI is InChI=1S/C29H56O3S/c1-2-3-4-5-6-7-8-9-10-11-12-14-17-20-23-26-29(31)32-33-28-25-22-19-16-13-15-18-21-24-27-30/h9-10,30H,2-8,11-28H2,1H3/b10-9-. The summed E-state index contributed by atoms with van der Waals surface area (Å²) in [6.07, 6.45) is 32.8. The molecule has 1 N–H and O–H groups in total. The van der Waals surface area contributed by atoms with Crippen molar-refractivity contribution < 1.29 is 14.1 Å². The van der Waals surface area contributed by atoms with Gasteiger partial charge in [-0.1, -0.05) is 115 Å². The molecule has 0 bridgehead atoms. The molecule has 0 unspecified atom stereocenters. The number of hydrogen-bond acceptors (Lipinski definition) is 4. The number of aliphatic hydroxyl groups is 1. The van der Waals surface area contributed by atoms with Crippen LogP contribution in [0.1, 0.15) is 155 Å². The molecule has 0 saturated heterocycles. The zero-order chi connectivity index (χ0) is 24.1. The maximum absolute atomic E-state index is 11.8. The van der Waals surface area contributed by atoms with E-state index in [1.54, 1.807) is 0 Å². The first kappa shape index (κ1) is 32.5. The molecular formula is C29H56O3S. The van der Waals surface area contributed by atoms with Crippen molar-refractivity contribution in [3.8, 4) is 0 Å². The van der Waals surface area contributed by atoms with E-state index in [0.717, 1.165) is 37.9 Å². The van der Waals surface area contributed by atoms with Gasteiger partial charge in [0.2, 0.25) is 0 Å². The van der Waals surface area contributed by atoms with E-state index in [1.807, 2.05) is 0 Å². The molecule has 0 amide bonds. The average Bonchev–Trinajstić information content (AvgIpc) is 2.82. The van der Waals surface area contributed by atoms with Gasteiger partial charge in [-0.25, -0.2) is 0 Å². The first-order valence-electron chi connectivity index (χ1n) is 14.4. The summed E-state index contributed by atoms with van der Waals surface area (Å²) in [5.74, 6) is 0.884. The van der Waals surface area contributed by atoms with Gasteiger partial charge in [0.25, 0.3) is 0 Å². The summed E-state index contributed by atoms with van der Waals surface area (Å²) in [6, 6.07) is 0. The van der Waals surface area contributed by atoms with Crippen LogP contribution in [0, 0.1) is 0 Å². The number of carbonyl (C=O) groups excluding carboxylic acids is 1. The third-order valence-corrected chi connectivity index (χ3v) is 6.94. The zero-order valence-corrected chi connectivity index (χ0v) is 22.8. The van der Waals surface area contributed by atoms with Gasteiger partial charge < -0.3 is 9.29 Å². The van der Waals surface area contributed by atoms with Crippen molar-refractivity contribution in [2.75, 3.05) is 12.4 Å². The summed E-state index contributed by atoms with van der Waals surface area (Å²) in [5.41, 5.74) is 0. The lowest BCUT2D eigenvalue weighted by atomic mass is 10.1. The van der Waals surface area contributed by atoms with Crippen LogP contribution in [0.4, 0.5) is 0 Å². The fourth-order valence-corrected chi connectivity index (χ4v) is 4.62. The van der Waals surface area contributed by atoms with Crippen molar-refractivity contribution in [2.45, 2.75) is 155 Å². The van der Waals surface area contributed by atoms with Gasteiger partial charge in [0, 0.05) is 18.8 Å². The number of rotatable bonds is 27. The molecule has 196 valence electrons. The number of allylic oxidation sites excluding steroid dienone is 2. The third kappa shape index (κ3) is 29.5. The molecule has 0 rings (SSSR count). The Bertz CT molecular complexity index is 412. The molecule has 0 aliphatic rings. The second kappa shape index (κ2) is 29.6. The maximum Gasteiger partial charge on any atom is 0.317 e. The summed E-state index contributed by atoms with van der Waals surface area (Å²) >= 11 is 1.35. The monoisotopic (exact) mass is 484 g/mol. The van der Waals surface area contributed by atoms with E-state index in [-0.39, 0.29) is 5.97 Å². The van der Waals surface area contributed by atoms with Gasteiger partial charge in [0.05, 0.1) is 12.0 Å². The Morgan fingerprint density at radius 3 is 1.64 bits per heavy atom. The first-order valence-corrected chi connectivity index (χ1v) is 15.3. The van der Waals surface area contributed by atoms with Crippen molar-refractivity contribution >= 4 is 18.0 Å². The SMILES string of the molecule is CCCCCCCC/C=C\CCCCCCCC(=O)OSCCCCCCCCCCCO. The third-order valence-electron chi connectivity index (χ3n) is 6.18. The largest absolute Gasteiger partial charge is 0.396 e. The van der Waals surface area contributed by atoms with Gasteiger partial charge >= 0.3 is 5.97 Å². The van der Waals surface area contributed by atoms with Crippen LogP contribution in [0.5, 0.6) is 0 Å². The van der Waals surface area contributed by atoms with Crippen LogP contribution in [-0.2, 0) is 8.98 Å². The zero-order valence-electron chi connectivity index (χ0n) is 22.0. The van der Waals surface area contributed by atoms with E-state index < -0.39 is 0 Å². The van der Waals surface area contributed by atoms with Gasteiger partial charge in [-0.05, 0) is 44.9 Å². The summed E-state index contributed by atoms with van der Waals surface area (Å²) < 4.78 is 5.29. The highest BCUT2D eigenvalue weighted by Gasteiger charge is 2.03. The van der Waals surface area contributed by atoms with E-state index in [1.165, 1.54) is 121 Å². The van der Waals surface area contributed by atoms with Crippen molar-refractivity contribution in [1.29, 1.82) is 0 Å². The van der Waals surface area contributed by atoms with E-state index in [2.05, 4.69) is 19.1 Å². The van der Waals surface area contributed by atoms with E-state index in [0.29, 0.717) is 13.0 Å². The quantitative estimate of drug-likeness (QED) is 0.0716. The predicted molar refractivity (Wildman–Crippen MR) is 147 cm³/mol. The number of carbonyl (C=O) groups is 1. The van der Waals surface area contributed by atoms with Gasteiger partial charge in [-0.2, -0.15) is 0 Å². The van der Waals surface area contributed by atoms with Crippen molar-refractivity contribution in [3.05, 3.63) is 12.2 Å². The van der Waals surface area contributed by atoms with Crippen LogP contribution < -0.4 is 0 Å². The Kier molecular flexibility index (Phi) is 29.1. The molecule has 0 spiro atoms. The second-order valence-corrected chi connectivity index (χ2v) is 10.3. The molecule has 0 radical (unpaired) electrons. The Morgan fingerprint density at radius 2 is 1.09 bits per heavy atom. The summed E-state index contributed by atoms with van der Waals surface area (Å²) in [4.78, 5) is 11.8. The molecule has 0 heterocycles. The van der Waals surface area contributed by atoms with E-state index in [4.69, 9.17) is 9.29 Å². The molecule has 0 saturated carbocycles. The molecule has 0 atom stereocenters. The van der Waals surface area contributed by atoms with Crippen molar-refractivity contribution in [1.82, 2.24) is 0 Å². The number of aliphatic hydroxyl groups excluding tert-OH is 1. The molecular weight excluding hydrogens is 428 g/mol. The van der Waals surface area contributed by atoms with Crippen LogP contribution in [0.3, 0.4) is 0 Å². The second-order valence-electron chi connectivity index (χ2n) is 9.52. The maximum atomic E-state index is 11.8. The van der Waals surface area contributed by atoms with E-state index >= 15 is 0 Å². The fraction of sp³-hybridized carbons (Fsp3) is 0.897. The highest BCUT2D eigenvalue weighted by atomic mass is 32.2. The van der Waals surface area contributed by atoms with Crippen LogP contribution >= 0.6 is 12.0 Å². The molecule has 4 heteroatoms. The van der Waals surface area contributed by atoms with Crippen LogP contribution in [0.15, 0.2) is 12.2 Å². The normalized spacial score (nSPS) is 11.5. The minimum atomic E-state index is -0.0412. The van der Waals surface area contributed by atoms with Gasteiger partial charge in [0.15, 0.2) is 0 Å². The Morgan fingerprint density at radius 1 is 0.636 bits per heavy atom. The van der Waals surface area contributed by atoms with Gasteiger partial charge in [-0.3, -0.25) is 4.79 Å². The number of unbranched alkanes of at least 4 members (excludes halogenated alkanes) is 19. The smallest absolute Gasteiger partial charge is 0.317 e. The molecule has 3 nitrogen and oxygen atoms in total. The molecule has 0 aliphatic heterocycles. The van der Waals surface area contributed by atoms with Crippen molar-refractivity contribution in [3.63, 3.8) is 0 Å². The first-order chi connectivity index (χ1) is 16.3.